The summed E-state index contributed by atoms with van der Waals surface area (Å²) in [6.45, 7) is 6.13. The van der Waals surface area contributed by atoms with Gasteiger partial charge in [0.05, 0.1) is 24.8 Å². The van der Waals surface area contributed by atoms with Gasteiger partial charge in [-0.05, 0) is 44.4 Å². The fourth-order valence-corrected chi connectivity index (χ4v) is 4.25. The van der Waals surface area contributed by atoms with Crippen LogP contribution >= 0.6 is 0 Å². The second kappa shape index (κ2) is 7.91. The molecule has 9 nitrogen and oxygen atoms in total. The zero-order chi connectivity index (χ0) is 21.4. The lowest BCUT2D eigenvalue weighted by molar-refractivity contribution is -0.402. The number of rotatable bonds is 5. The summed E-state index contributed by atoms with van der Waals surface area (Å²) in [7, 11) is 0. The Kier molecular flexibility index (Phi) is 5.29. The number of carbonyl (C=O) groups excluding carboxylic acids is 1. The molecule has 30 heavy (non-hydrogen) atoms. The molecule has 3 heterocycles. The van der Waals surface area contributed by atoms with Crippen LogP contribution in [0.15, 0.2) is 39.9 Å². The number of esters is 1. The van der Waals surface area contributed by atoms with E-state index in [0.29, 0.717) is 12.2 Å². The molecule has 2 aromatic rings. The van der Waals surface area contributed by atoms with Crippen LogP contribution in [0.2, 0.25) is 0 Å². The predicted molar refractivity (Wildman–Crippen MR) is 109 cm³/mol. The molecule has 1 aromatic heterocycles. The number of nitrogens with one attached hydrogen (secondary N) is 1. The van der Waals surface area contributed by atoms with Crippen LogP contribution in [-0.2, 0) is 9.53 Å². The van der Waals surface area contributed by atoms with E-state index in [4.69, 9.17) is 9.15 Å². The summed E-state index contributed by atoms with van der Waals surface area (Å²) in [5.41, 5.74) is 3.38. The molecule has 0 bridgehead atoms. The topological polar surface area (TPSA) is 110 Å². The largest absolute Gasteiger partial charge is 0.465 e. The average molecular weight is 412 g/mol. The van der Waals surface area contributed by atoms with Gasteiger partial charge in [0.15, 0.2) is 0 Å². The number of hydrogen-bond acceptors (Lipinski definition) is 8. The summed E-state index contributed by atoms with van der Waals surface area (Å²) in [4.78, 5) is 23.0. The van der Waals surface area contributed by atoms with Crippen LogP contribution in [0.5, 0.6) is 0 Å². The van der Waals surface area contributed by atoms with Crippen LogP contribution < -0.4 is 5.32 Å². The van der Waals surface area contributed by atoms with Crippen LogP contribution in [-0.4, -0.2) is 34.9 Å². The van der Waals surface area contributed by atoms with Gasteiger partial charge < -0.3 is 9.15 Å². The fraction of sp³-hybridized carbons (Fsp3) is 0.429. The highest BCUT2D eigenvalue weighted by atomic mass is 16.6. The van der Waals surface area contributed by atoms with Gasteiger partial charge in [0.2, 0.25) is 0 Å². The molecule has 1 N–H and O–H groups in total. The van der Waals surface area contributed by atoms with E-state index in [1.54, 1.807) is 19.2 Å². The molecule has 158 valence electrons. The molecule has 0 radical (unpaired) electrons. The Bertz CT molecular complexity index is 1000. The molecule has 0 saturated carbocycles. The summed E-state index contributed by atoms with van der Waals surface area (Å²) >= 11 is 0. The molecule has 0 amide bonds. The Labute approximate surface area is 173 Å². The quantitative estimate of drug-likeness (QED) is 0.455. The second-order valence-electron chi connectivity index (χ2n) is 7.63. The van der Waals surface area contributed by atoms with Crippen molar-refractivity contribution in [3.8, 4) is 0 Å². The Hall–Kier alpha value is -3.20. The molecule has 1 fully saturated rings. The first-order valence-corrected chi connectivity index (χ1v) is 9.95. The maximum Gasteiger partial charge on any atom is 0.433 e. The second-order valence-corrected chi connectivity index (χ2v) is 7.63. The van der Waals surface area contributed by atoms with Gasteiger partial charge in [-0.25, -0.2) is 0 Å². The Morgan fingerprint density at radius 1 is 1.37 bits per heavy atom. The molecule has 4 atom stereocenters. The molecular weight excluding hydrogens is 388 g/mol. The van der Waals surface area contributed by atoms with Gasteiger partial charge in [-0.1, -0.05) is 23.8 Å². The van der Waals surface area contributed by atoms with Crippen LogP contribution in [0.25, 0.3) is 0 Å². The lowest BCUT2D eigenvalue weighted by atomic mass is 9.89. The fourth-order valence-electron chi connectivity index (χ4n) is 4.25. The van der Waals surface area contributed by atoms with Gasteiger partial charge >= 0.3 is 11.9 Å². The Balaban J connectivity index is 1.70. The maximum absolute atomic E-state index is 12.5. The van der Waals surface area contributed by atoms with Gasteiger partial charge in [-0.2, -0.15) is 5.10 Å². The van der Waals surface area contributed by atoms with Crippen molar-refractivity contribution in [1.29, 1.82) is 0 Å². The van der Waals surface area contributed by atoms with Gasteiger partial charge in [0.1, 0.15) is 22.8 Å². The molecule has 9 heteroatoms. The van der Waals surface area contributed by atoms with E-state index in [-0.39, 0.29) is 30.5 Å². The van der Waals surface area contributed by atoms with Crippen molar-refractivity contribution < 1.29 is 18.9 Å². The van der Waals surface area contributed by atoms with E-state index in [2.05, 4.69) is 35.5 Å². The third-order valence-electron chi connectivity index (χ3n) is 5.62. The highest BCUT2D eigenvalue weighted by Gasteiger charge is 2.46. The standard InChI is InChI=1S/C21H24N4O5/c1-4-29-21(26)15-11-22-24-17(14-6-5-12(2)9-13(14)3)10-16(23-20(15)24)18-7-8-19(30-18)25(27)28/h5-9,11,15-17,20,23H,4,10H2,1-3H3. The number of ether oxygens (including phenoxy) is 1. The minimum absolute atomic E-state index is 0.123. The van der Waals surface area contributed by atoms with Crippen molar-refractivity contribution in [3.05, 3.63) is 62.9 Å². The van der Waals surface area contributed by atoms with Crippen LogP contribution in [0.4, 0.5) is 5.88 Å². The lowest BCUT2D eigenvalue weighted by Gasteiger charge is -2.43. The van der Waals surface area contributed by atoms with Gasteiger partial charge in [-0.3, -0.25) is 25.2 Å². The summed E-state index contributed by atoms with van der Waals surface area (Å²) in [6, 6.07) is 8.76. The van der Waals surface area contributed by atoms with E-state index in [1.165, 1.54) is 6.07 Å². The first kappa shape index (κ1) is 20.1. The zero-order valence-electron chi connectivity index (χ0n) is 17.1. The van der Waals surface area contributed by atoms with E-state index in [9.17, 15) is 14.9 Å². The maximum atomic E-state index is 12.5. The van der Waals surface area contributed by atoms with E-state index in [1.807, 2.05) is 11.9 Å². The summed E-state index contributed by atoms with van der Waals surface area (Å²) in [6.07, 6.45) is 1.76. The summed E-state index contributed by atoms with van der Waals surface area (Å²) in [5, 5.41) is 20.9. The van der Waals surface area contributed by atoms with Crippen LogP contribution in [0, 0.1) is 29.9 Å². The first-order valence-electron chi connectivity index (χ1n) is 9.95. The predicted octanol–water partition coefficient (Wildman–Crippen LogP) is 3.39. The molecule has 1 aromatic carbocycles. The SMILES string of the molecule is CCOC(=O)C1C=NN2C(c3ccc(C)cc3C)CC(c3ccc([N+](=O)[O-])o3)NC12. The van der Waals surface area contributed by atoms with E-state index in [0.717, 1.165) is 16.7 Å². The van der Waals surface area contributed by atoms with E-state index >= 15 is 0 Å². The molecular formula is C21H24N4O5. The number of hydrazone groups is 1. The Morgan fingerprint density at radius 2 is 2.17 bits per heavy atom. The third kappa shape index (κ3) is 3.56. The third-order valence-corrected chi connectivity index (χ3v) is 5.62. The molecule has 0 spiro atoms. The molecule has 4 rings (SSSR count). The molecule has 4 unspecified atom stereocenters. The van der Waals surface area contributed by atoms with Gasteiger partial charge in [0, 0.05) is 6.21 Å². The van der Waals surface area contributed by atoms with Crippen molar-refractivity contribution >= 4 is 18.1 Å². The number of aryl methyl sites for hydroxylation is 2. The van der Waals surface area contributed by atoms with Crippen molar-refractivity contribution in [3.63, 3.8) is 0 Å². The van der Waals surface area contributed by atoms with Crippen molar-refractivity contribution in [2.45, 2.75) is 45.4 Å². The summed E-state index contributed by atoms with van der Waals surface area (Å²) in [5.74, 6) is -0.773. The van der Waals surface area contributed by atoms with Crippen molar-refractivity contribution in [2.75, 3.05) is 6.61 Å². The summed E-state index contributed by atoms with van der Waals surface area (Å²) < 4.78 is 10.7. The number of furan rings is 1. The number of nitro groups is 1. The number of nitrogens with zero attached hydrogens (tertiary/aromatic N) is 3. The molecule has 2 aliphatic heterocycles. The van der Waals surface area contributed by atoms with Crippen molar-refractivity contribution in [1.82, 2.24) is 10.3 Å². The smallest absolute Gasteiger partial charge is 0.433 e. The normalized spacial score (nSPS) is 25.2. The number of hydrogen-bond donors (Lipinski definition) is 1. The highest BCUT2D eigenvalue weighted by Crippen LogP contribution is 2.42. The Morgan fingerprint density at radius 3 is 2.83 bits per heavy atom. The monoisotopic (exact) mass is 412 g/mol. The highest BCUT2D eigenvalue weighted by molar-refractivity contribution is 5.91. The molecule has 2 aliphatic rings. The molecule has 1 saturated heterocycles. The average Bonchev–Trinajstić information content (AvgIpc) is 3.35. The number of fused-ring (bicyclic) bond motifs is 1. The van der Waals surface area contributed by atoms with E-state index < -0.39 is 17.0 Å². The first-order chi connectivity index (χ1) is 14.4. The zero-order valence-corrected chi connectivity index (χ0v) is 17.1. The lowest BCUT2D eigenvalue weighted by Crippen LogP contribution is -2.54. The number of carbonyl (C=O) groups is 1. The van der Waals surface area contributed by atoms with Gasteiger partial charge in [0.25, 0.3) is 0 Å². The minimum Gasteiger partial charge on any atom is -0.465 e. The number of benzene rings is 1. The van der Waals surface area contributed by atoms with Crippen LogP contribution in [0.3, 0.4) is 0 Å². The van der Waals surface area contributed by atoms with Crippen molar-refractivity contribution in [2.24, 2.45) is 11.0 Å². The van der Waals surface area contributed by atoms with Gasteiger partial charge in [-0.15, -0.1) is 0 Å². The minimum atomic E-state index is -0.578. The van der Waals surface area contributed by atoms with Crippen LogP contribution in [0.1, 0.15) is 47.9 Å². The molecule has 0 aliphatic carbocycles.